The fourth-order valence-electron chi connectivity index (χ4n) is 4.65. The molecule has 0 saturated heterocycles. The van der Waals surface area contributed by atoms with Crippen LogP contribution in [0.2, 0.25) is 0 Å². The maximum atomic E-state index is 13.0. The number of nitriles is 1. The normalized spacial score (nSPS) is 21.0. The summed E-state index contributed by atoms with van der Waals surface area (Å²) in [7, 11) is 1.55. The van der Waals surface area contributed by atoms with Crippen LogP contribution in [0.15, 0.2) is 18.2 Å². The molecule has 2 N–H and O–H groups in total. The third-order valence-corrected chi connectivity index (χ3v) is 5.98. The minimum absolute atomic E-state index is 0.0514. The van der Waals surface area contributed by atoms with E-state index in [9.17, 15) is 15.2 Å². The number of rotatable bonds is 7. The van der Waals surface area contributed by atoms with E-state index in [-0.39, 0.29) is 25.1 Å². The summed E-state index contributed by atoms with van der Waals surface area (Å²) in [6.45, 7) is 1.50. The molecular formula is C22H31N3O3. The van der Waals surface area contributed by atoms with Gasteiger partial charge in [0.2, 0.25) is 5.91 Å². The van der Waals surface area contributed by atoms with Crippen LogP contribution < -0.4 is 5.32 Å². The summed E-state index contributed by atoms with van der Waals surface area (Å²) in [5.74, 6) is 0.512. The molecule has 2 aliphatic rings. The highest BCUT2D eigenvalue weighted by atomic mass is 16.5. The van der Waals surface area contributed by atoms with Gasteiger partial charge in [-0.2, -0.15) is 5.26 Å². The minimum atomic E-state index is -0.618. The van der Waals surface area contributed by atoms with Crippen LogP contribution in [0.25, 0.3) is 0 Å². The lowest BCUT2D eigenvalue weighted by Crippen LogP contribution is -2.47. The molecule has 1 aliphatic carbocycles. The molecule has 0 radical (unpaired) electrons. The van der Waals surface area contributed by atoms with E-state index in [1.165, 1.54) is 24.8 Å². The van der Waals surface area contributed by atoms with Gasteiger partial charge >= 0.3 is 0 Å². The van der Waals surface area contributed by atoms with Gasteiger partial charge in [-0.15, -0.1) is 0 Å². The second kappa shape index (κ2) is 10.0. The number of carbonyl (C=O) groups excluding carboxylic acids is 1. The van der Waals surface area contributed by atoms with Gasteiger partial charge in [0, 0.05) is 20.2 Å². The zero-order valence-corrected chi connectivity index (χ0v) is 16.7. The SMILES string of the molecule is COC[C@@H](O)CNCC(=O)N1CCc2ccc(C#N)cc2C1C1CCCCC1. The Morgan fingerprint density at radius 1 is 1.39 bits per heavy atom. The number of nitrogens with one attached hydrogen (secondary N) is 1. The number of aliphatic hydroxyl groups excluding tert-OH is 1. The van der Waals surface area contributed by atoms with Gasteiger partial charge in [0.05, 0.1) is 36.9 Å². The number of ether oxygens (including phenoxy) is 1. The van der Waals surface area contributed by atoms with Crippen molar-refractivity contribution in [2.24, 2.45) is 5.92 Å². The number of carbonyl (C=O) groups is 1. The number of hydrogen-bond acceptors (Lipinski definition) is 5. The van der Waals surface area contributed by atoms with E-state index in [1.807, 2.05) is 17.0 Å². The molecule has 0 bridgehead atoms. The van der Waals surface area contributed by atoms with E-state index < -0.39 is 6.10 Å². The Labute approximate surface area is 167 Å². The summed E-state index contributed by atoms with van der Waals surface area (Å²) in [5.41, 5.74) is 3.08. The number of benzene rings is 1. The van der Waals surface area contributed by atoms with Gasteiger partial charge in [-0.3, -0.25) is 4.79 Å². The first-order valence-corrected chi connectivity index (χ1v) is 10.3. The van der Waals surface area contributed by atoms with Gasteiger partial charge in [-0.1, -0.05) is 25.3 Å². The molecule has 1 saturated carbocycles. The molecule has 6 nitrogen and oxygen atoms in total. The average Bonchev–Trinajstić information content (AvgIpc) is 2.73. The van der Waals surface area contributed by atoms with Crippen LogP contribution in [0.5, 0.6) is 0 Å². The molecule has 6 heteroatoms. The van der Waals surface area contributed by atoms with Crippen molar-refractivity contribution in [3.8, 4) is 6.07 Å². The molecule has 1 aromatic rings. The van der Waals surface area contributed by atoms with Crippen LogP contribution in [0.4, 0.5) is 0 Å². The van der Waals surface area contributed by atoms with Crippen molar-refractivity contribution in [1.29, 1.82) is 5.26 Å². The monoisotopic (exact) mass is 385 g/mol. The standard InChI is InChI=1S/C22H31N3O3/c1-28-15-19(26)13-24-14-21(27)25-10-9-17-8-7-16(12-23)11-20(17)22(25)18-5-3-2-4-6-18/h7-8,11,18-19,22,24,26H,2-6,9-10,13-15H2,1H3/t19-,22?/m0/s1. The van der Waals surface area contributed by atoms with E-state index in [2.05, 4.69) is 17.5 Å². The van der Waals surface area contributed by atoms with Crippen molar-refractivity contribution in [2.75, 3.05) is 33.4 Å². The van der Waals surface area contributed by atoms with Gasteiger partial charge in [-0.05, 0) is 48.4 Å². The van der Waals surface area contributed by atoms with E-state index in [0.29, 0.717) is 24.6 Å². The van der Waals surface area contributed by atoms with Crippen molar-refractivity contribution in [1.82, 2.24) is 10.2 Å². The van der Waals surface area contributed by atoms with E-state index >= 15 is 0 Å². The first kappa shape index (κ1) is 20.8. The lowest BCUT2D eigenvalue weighted by Gasteiger charge is -2.43. The molecule has 1 heterocycles. The molecule has 1 amide bonds. The van der Waals surface area contributed by atoms with Gasteiger partial charge < -0.3 is 20.1 Å². The zero-order chi connectivity index (χ0) is 19.9. The van der Waals surface area contributed by atoms with Crippen LogP contribution in [0, 0.1) is 17.2 Å². The van der Waals surface area contributed by atoms with Crippen LogP contribution in [-0.4, -0.2) is 55.4 Å². The molecule has 1 aromatic carbocycles. The third kappa shape index (κ3) is 4.91. The summed E-state index contributed by atoms with van der Waals surface area (Å²) in [5, 5.41) is 22.2. The lowest BCUT2D eigenvalue weighted by molar-refractivity contribution is -0.135. The summed E-state index contributed by atoms with van der Waals surface area (Å²) in [6.07, 6.45) is 6.14. The van der Waals surface area contributed by atoms with E-state index in [1.54, 1.807) is 7.11 Å². The van der Waals surface area contributed by atoms with Crippen molar-refractivity contribution in [3.63, 3.8) is 0 Å². The maximum Gasteiger partial charge on any atom is 0.237 e. The highest BCUT2D eigenvalue weighted by Gasteiger charge is 2.36. The summed E-state index contributed by atoms with van der Waals surface area (Å²) in [4.78, 5) is 15.0. The van der Waals surface area contributed by atoms with Crippen molar-refractivity contribution in [3.05, 3.63) is 34.9 Å². The number of fused-ring (bicyclic) bond motifs is 1. The van der Waals surface area contributed by atoms with Gasteiger partial charge in [0.1, 0.15) is 0 Å². The maximum absolute atomic E-state index is 13.0. The summed E-state index contributed by atoms with van der Waals surface area (Å²) >= 11 is 0. The highest BCUT2D eigenvalue weighted by Crippen LogP contribution is 2.42. The molecule has 0 spiro atoms. The van der Waals surface area contributed by atoms with E-state index in [4.69, 9.17) is 4.74 Å². The smallest absolute Gasteiger partial charge is 0.237 e. The second-order valence-electron chi connectivity index (χ2n) is 7.95. The zero-order valence-electron chi connectivity index (χ0n) is 16.7. The predicted molar refractivity (Wildman–Crippen MR) is 107 cm³/mol. The number of methoxy groups -OCH3 is 1. The number of hydrogen-bond donors (Lipinski definition) is 2. The molecule has 2 atom stereocenters. The number of aliphatic hydroxyl groups is 1. The molecule has 28 heavy (non-hydrogen) atoms. The van der Waals surface area contributed by atoms with Gasteiger partial charge in [0.15, 0.2) is 0 Å². The van der Waals surface area contributed by atoms with Crippen LogP contribution in [0.1, 0.15) is 54.8 Å². The first-order valence-electron chi connectivity index (χ1n) is 10.3. The van der Waals surface area contributed by atoms with Crippen molar-refractivity contribution in [2.45, 2.75) is 50.7 Å². The molecule has 152 valence electrons. The van der Waals surface area contributed by atoms with Gasteiger partial charge in [0.25, 0.3) is 0 Å². The van der Waals surface area contributed by atoms with Crippen molar-refractivity contribution < 1.29 is 14.6 Å². The van der Waals surface area contributed by atoms with Crippen LogP contribution >= 0.6 is 0 Å². The Kier molecular flexibility index (Phi) is 7.43. The topological polar surface area (TPSA) is 85.6 Å². The Bertz CT molecular complexity index is 709. The fourth-order valence-corrected chi connectivity index (χ4v) is 4.65. The molecule has 1 aliphatic heterocycles. The summed E-state index contributed by atoms with van der Waals surface area (Å²) < 4.78 is 4.92. The predicted octanol–water partition coefficient (Wildman–Crippen LogP) is 2.16. The largest absolute Gasteiger partial charge is 0.389 e. The average molecular weight is 386 g/mol. The van der Waals surface area contributed by atoms with Gasteiger partial charge in [-0.25, -0.2) is 0 Å². The molecule has 1 unspecified atom stereocenters. The van der Waals surface area contributed by atoms with Crippen LogP contribution in [-0.2, 0) is 16.0 Å². The molecule has 1 fully saturated rings. The highest BCUT2D eigenvalue weighted by molar-refractivity contribution is 5.79. The quantitative estimate of drug-likeness (QED) is 0.751. The molecular weight excluding hydrogens is 354 g/mol. The fraction of sp³-hybridized carbons (Fsp3) is 0.636. The third-order valence-electron chi connectivity index (χ3n) is 5.98. The van der Waals surface area contributed by atoms with Crippen molar-refractivity contribution >= 4 is 5.91 Å². The molecule has 3 rings (SSSR count). The number of amides is 1. The Morgan fingerprint density at radius 2 is 2.18 bits per heavy atom. The second-order valence-corrected chi connectivity index (χ2v) is 7.95. The number of nitrogens with zero attached hydrogens (tertiary/aromatic N) is 2. The van der Waals surface area contributed by atoms with E-state index in [0.717, 1.165) is 24.8 Å². The summed E-state index contributed by atoms with van der Waals surface area (Å²) in [6, 6.07) is 8.23. The minimum Gasteiger partial charge on any atom is -0.389 e. The molecule has 0 aromatic heterocycles. The Hall–Kier alpha value is -1.94. The lowest BCUT2D eigenvalue weighted by atomic mass is 9.77. The van der Waals surface area contributed by atoms with Crippen LogP contribution in [0.3, 0.4) is 0 Å². The first-order chi connectivity index (χ1) is 13.6. The Balaban J connectivity index is 1.77. The Morgan fingerprint density at radius 3 is 2.89 bits per heavy atom.